The van der Waals surface area contributed by atoms with Crippen molar-refractivity contribution in [3.8, 4) is 5.75 Å². The molecule has 1 unspecified atom stereocenters. The van der Waals surface area contributed by atoms with Crippen LogP contribution in [0.25, 0.3) is 0 Å². The second-order valence-corrected chi connectivity index (χ2v) is 5.71. The van der Waals surface area contributed by atoms with Crippen molar-refractivity contribution >= 4 is 17.6 Å². The molecule has 2 heterocycles. The van der Waals surface area contributed by atoms with E-state index in [-0.39, 0.29) is 23.6 Å². The van der Waals surface area contributed by atoms with Crippen LogP contribution in [-0.2, 0) is 20.8 Å². The summed E-state index contributed by atoms with van der Waals surface area (Å²) in [5.41, 5.74) is 3.54. The highest BCUT2D eigenvalue weighted by atomic mass is 16.5. The number of nitrogens with one attached hydrogen (secondary N) is 1. The SMILES string of the molecule is CC(=O)NN1C(=O)C[C@H]1CCC(=O)C1Cc2ccccc2O1. The number of ether oxygens (including phenoxy) is 1. The lowest BCUT2D eigenvalue weighted by Gasteiger charge is -2.39. The van der Waals surface area contributed by atoms with E-state index in [2.05, 4.69) is 5.43 Å². The van der Waals surface area contributed by atoms with E-state index in [1.54, 1.807) is 0 Å². The molecule has 22 heavy (non-hydrogen) atoms. The zero-order chi connectivity index (χ0) is 15.7. The number of fused-ring (bicyclic) bond motifs is 1. The molecule has 1 fully saturated rings. The Labute approximate surface area is 128 Å². The van der Waals surface area contributed by atoms with Crippen molar-refractivity contribution in [1.29, 1.82) is 0 Å². The summed E-state index contributed by atoms with van der Waals surface area (Å²) in [6.45, 7) is 1.36. The van der Waals surface area contributed by atoms with Crippen LogP contribution in [-0.4, -0.2) is 34.8 Å². The van der Waals surface area contributed by atoms with Gasteiger partial charge in [-0.05, 0) is 18.1 Å². The summed E-state index contributed by atoms with van der Waals surface area (Å²) in [6.07, 6.45) is 1.43. The van der Waals surface area contributed by atoms with E-state index in [1.165, 1.54) is 11.9 Å². The molecular weight excluding hydrogens is 284 g/mol. The standard InChI is InChI=1S/C16H18N2O4/c1-10(19)17-18-12(9-16(18)21)6-7-13(20)15-8-11-4-2-3-5-14(11)22-15/h2-5,12,15H,6-9H2,1H3,(H,17,19)/t12-,15?/m1/s1. The van der Waals surface area contributed by atoms with Crippen LogP contribution in [0.1, 0.15) is 31.7 Å². The van der Waals surface area contributed by atoms with E-state index in [0.717, 1.165) is 11.3 Å². The number of β-lactam (4-membered cyclic amide) rings is 1. The second-order valence-electron chi connectivity index (χ2n) is 5.71. The third-order valence-corrected chi connectivity index (χ3v) is 4.05. The zero-order valence-corrected chi connectivity index (χ0v) is 12.4. The first kappa shape index (κ1) is 14.6. The van der Waals surface area contributed by atoms with Gasteiger partial charge in [-0.1, -0.05) is 18.2 Å². The molecule has 2 amide bonds. The van der Waals surface area contributed by atoms with Crippen LogP contribution >= 0.6 is 0 Å². The number of Topliss-reactive ketones (excluding diaryl/α,β-unsaturated/α-hetero) is 1. The Bertz CT molecular complexity index is 603. The van der Waals surface area contributed by atoms with Crippen LogP contribution in [0.4, 0.5) is 0 Å². The van der Waals surface area contributed by atoms with Crippen molar-refractivity contribution in [2.75, 3.05) is 0 Å². The molecule has 0 aliphatic carbocycles. The third kappa shape index (κ3) is 2.81. The Hall–Kier alpha value is -2.37. The number of hydrazine groups is 1. The van der Waals surface area contributed by atoms with Crippen LogP contribution in [0.3, 0.4) is 0 Å². The molecule has 116 valence electrons. The van der Waals surface area contributed by atoms with E-state index >= 15 is 0 Å². The predicted molar refractivity (Wildman–Crippen MR) is 77.9 cm³/mol. The van der Waals surface area contributed by atoms with Crippen molar-refractivity contribution < 1.29 is 19.1 Å². The van der Waals surface area contributed by atoms with Crippen LogP contribution < -0.4 is 10.2 Å². The lowest BCUT2D eigenvalue weighted by molar-refractivity contribution is -0.157. The number of nitrogens with zero attached hydrogens (tertiary/aromatic N) is 1. The Morgan fingerprint density at radius 2 is 2.09 bits per heavy atom. The summed E-state index contributed by atoms with van der Waals surface area (Å²) in [7, 11) is 0. The number of amides is 2. The monoisotopic (exact) mass is 302 g/mol. The average molecular weight is 302 g/mol. The van der Waals surface area contributed by atoms with Gasteiger partial charge in [-0.15, -0.1) is 0 Å². The molecule has 2 aliphatic rings. The fourth-order valence-electron chi connectivity index (χ4n) is 2.87. The van der Waals surface area contributed by atoms with Crippen molar-refractivity contribution in [3.63, 3.8) is 0 Å². The van der Waals surface area contributed by atoms with Crippen LogP contribution in [0, 0.1) is 0 Å². The number of hydrogen-bond donors (Lipinski definition) is 1. The first-order valence-corrected chi connectivity index (χ1v) is 7.41. The van der Waals surface area contributed by atoms with E-state index in [9.17, 15) is 14.4 Å². The molecule has 2 atom stereocenters. The number of hydrogen-bond acceptors (Lipinski definition) is 4. The second kappa shape index (κ2) is 5.79. The quantitative estimate of drug-likeness (QED) is 0.823. The number of carbonyl (C=O) groups is 3. The molecule has 0 aromatic heterocycles. The van der Waals surface area contributed by atoms with Gasteiger partial charge in [-0.25, -0.2) is 0 Å². The summed E-state index contributed by atoms with van der Waals surface area (Å²) >= 11 is 0. The van der Waals surface area contributed by atoms with Crippen molar-refractivity contribution in [2.24, 2.45) is 0 Å². The van der Waals surface area contributed by atoms with Gasteiger partial charge in [-0.3, -0.25) is 24.8 Å². The fraction of sp³-hybridized carbons (Fsp3) is 0.438. The molecule has 0 radical (unpaired) electrons. The molecule has 6 nitrogen and oxygen atoms in total. The maximum Gasteiger partial charge on any atom is 0.243 e. The third-order valence-electron chi connectivity index (χ3n) is 4.05. The van der Waals surface area contributed by atoms with E-state index in [4.69, 9.17) is 4.74 Å². The van der Waals surface area contributed by atoms with Crippen molar-refractivity contribution in [3.05, 3.63) is 29.8 Å². The highest BCUT2D eigenvalue weighted by Crippen LogP contribution is 2.30. The molecule has 2 aliphatic heterocycles. The minimum absolute atomic E-state index is 0.0401. The molecule has 1 N–H and O–H groups in total. The number of para-hydroxylation sites is 1. The summed E-state index contributed by atoms with van der Waals surface area (Å²) < 4.78 is 5.67. The number of ketones is 1. The molecule has 0 saturated carbocycles. The maximum absolute atomic E-state index is 12.3. The first-order chi connectivity index (χ1) is 10.5. The minimum atomic E-state index is -0.428. The highest BCUT2D eigenvalue weighted by molar-refractivity contribution is 5.87. The van der Waals surface area contributed by atoms with Crippen molar-refractivity contribution in [2.45, 2.75) is 44.8 Å². The van der Waals surface area contributed by atoms with Gasteiger partial charge < -0.3 is 4.74 Å². The topological polar surface area (TPSA) is 75.7 Å². The average Bonchev–Trinajstić information content (AvgIpc) is 2.92. The lowest BCUT2D eigenvalue weighted by atomic mass is 9.96. The normalized spacial score (nSPS) is 22.6. The van der Waals surface area contributed by atoms with E-state index in [1.807, 2.05) is 24.3 Å². The van der Waals surface area contributed by atoms with Gasteiger partial charge >= 0.3 is 0 Å². The fourth-order valence-corrected chi connectivity index (χ4v) is 2.87. The largest absolute Gasteiger partial charge is 0.482 e. The molecule has 1 aromatic rings. The van der Waals surface area contributed by atoms with Crippen LogP contribution in [0.2, 0.25) is 0 Å². The molecular formula is C16H18N2O4. The summed E-state index contributed by atoms with van der Waals surface area (Å²) in [4.78, 5) is 34.7. The van der Waals surface area contributed by atoms with Gasteiger partial charge in [0.05, 0.1) is 12.5 Å². The molecule has 1 saturated heterocycles. The van der Waals surface area contributed by atoms with Gasteiger partial charge in [0.15, 0.2) is 11.9 Å². The number of carbonyl (C=O) groups excluding carboxylic acids is 3. The van der Waals surface area contributed by atoms with E-state index < -0.39 is 6.10 Å². The molecule has 3 rings (SSSR count). The Morgan fingerprint density at radius 3 is 2.77 bits per heavy atom. The van der Waals surface area contributed by atoms with Gasteiger partial charge in [0, 0.05) is 19.8 Å². The van der Waals surface area contributed by atoms with Gasteiger partial charge in [0.25, 0.3) is 0 Å². The van der Waals surface area contributed by atoms with Gasteiger partial charge in [-0.2, -0.15) is 0 Å². The van der Waals surface area contributed by atoms with Crippen LogP contribution in [0.5, 0.6) is 5.75 Å². The highest BCUT2D eigenvalue weighted by Gasteiger charge is 2.38. The van der Waals surface area contributed by atoms with Crippen molar-refractivity contribution in [1.82, 2.24) is 10.4 Å². The van der Waals surface area contributed by atoms with E-state index in [0.29, 0.717) is 25.7 Å². The van der Waals surface area contributed by atoms with Crippen LogP contribution in [0.15, 0.2) is 24.3 Å². The molecule has 0 spiro atoms. The molecule has 6 heteroatoms. The summed E-state index contributed by atoms with van der Waals surface area (Å²) in [5, 5.41) is 1.32. The Balaban J connectivity index is 1.50. The number of benzene rings is 1. The summed E-state index contributed by atoms with van der Waals surface area (Å²) in [5.74, 6) is 0.425. The maximum atomic E-state index is 12.3. The Kier molecular flexibility index (Phi) is 3.83. The summed E-state index contributed by atoms with van der Waals surface area (Å²) in [6, 6.07) is 7.55. The first-order valence-electron chi connectivity index (χ1n) is 7.41. The molecule has 1 aromatic carbocycles. The predicted octanol–water partition coefficient (Wildman–Crippen LogP) is 0.991. The minimum Gasteiger partial charge on any atom is -0.482 e. The lowest BCUT2D eigenvalue weighted by Crippen LogP contribution is -2.60. The van der Waals surface area contributed by atoms with Gasteiger partial charge in [0.2, 0.25) is 11.8 Å². The smallest absolute Gasteiger partial charge is 0.243 e. The molecule has 0 bridgehead atoms. The zero-order valence-electron chi connectivity index (χ0n) is 12.4. The number of rotatable bonds is 5. The Morgan fingerprint density at radius 1 is 1.32 bits per heavy atom. The van der Waals surface area contributed by atoms with Gasteiger partial charge in [0.1, 0.15) is 5.75 Å².